The quantitative estimate of drug-likeness (QED) is 0.862. The molecule has 6 heteroatoms. The van der Waals surface area contributed by atoms with Crippen LogP contribution in [0.5, 0.6) is 0 Å². The molecule has 0 unspecified atom stereocenters. The minimum atomic E-state index is -0.0166. The van der Waals surface area contributed by atoms with Crippen molar-refractivity contribution in [2.75, 3.05) is 5.75 Å². The van der Waals surface area contributed by atoms with Crippen LogP contribution in [0.2, 0.25) is 5.02 Å². The van der Waals surface area contributed by atoms with Gasteiger partial charge in [-0.1, -0.05) is 71.5 Å². The van der Waals surface area contributed by atoms with E-state index in [0.29, 0.717) is 17.3 Å². The maximum absolute atomic E-state index is 12.0. The third-order valence-corrected chi connectivity index (χ3v) is 5.93. The zero-order valence-corrected chi connectivity index (χ0v) is 14.7. The molecule has 0 aromatic heterocycles. The van der Waals surface area contributed by atoms with Gasteiger partial charge >= 0.3 is 0 Å². The number of hydrogen-bond acceptors (Lipinski definition) is 4. The van der Waals surface area contributed by atoms with Gasteiger partial charge in [-0.05, 0) is 23.3 Å². The van der Waals surface area contributed by atoms with Crippen molar-refractivity contribution >= 4 is 51.1 Å². The van der Waals surface area contributed by atoms with Crippen molar-refractivity contribution in [3.05, 3.63) is 64.7 Å². The lowest BCUT2D eigenvalue weighted by molar-refractivity contribution is -0.118. The van der Waals surface area contributed by atoms with Crippen molar-refractivity contribution in [1.82, 2.24) is 5.32 Å². The lowest BCUT2D eigenvalue weighted by atomic mass is 10.2. The third kappa shape index (κ3) is 4.53. The van der Waals surface area contributed by atoms with Gasteiger partial charge in [-0.15, -0.1) is 0 Å². The molecule has 0 atom stereocenters. The number of hydrogen-bond donors (Lipinski definition) is 1. The lowest BCUT2D eigenvalue weighted by Gasteiger charge is -2.14. The Morgan fingerprint density at radius 1 is 1.22 bits per heavy atom. The van der Waals surface area contributed by atoms with Gasteiger partial charge in [0.05, 0.1) is 11.4 Å². The number of rotatable bonds is 4. The van der Waals surface area contributed by atoms with Crippen LogP contribution in [0.4, 0.5) is 5.69 Å². The van der Waals surface area contributed by atoms with E-state index in [4.69, 9.17) is 11.6 Å². The van der Waals surface area contributed by atoms with Gasteiger partial charge in [0, 0.05) is 17.3 Å². The number of nitrogens with one attached hydrogen (secondary N) is 1. The zero-order chi connectivity index (χ0) is 16.1. The number of aliphatic imine (C=N–C) groups is 1. The van der Waals surface area contributed by atoms with Crippen molar-refractivity contribution in [1.29, 1.82) is 0 Å². The van der Waals surface area contributed by atoms with E-state index in [1.807, 2.05) is 42.5 Å². The van der Waals surface area contributed by atoms with Crippen molar-refractivity contribution in [3.63, 3.8) is 0 Å². The first-order chi connectivity index (χ1) is 11.2. The Morgan fingerprint density at radius 3 is 2.87 bits per heavy atom. The van der Waals surface area contributed by atoms with Gasteiger partial charge in [0.2, 0.25) is 5.91 Å². The highest BCUT2D eigenvalue weighted by Gasteiger charge is 2.14. The average Bonchev–Trinajstić information content (AvgIpc) is 2.59. The highest BCUT2D eigenvalue weighted by atomic mass is 35.5. The van der Waals surface area contributed by atoms with Crippen LogP contribution in [0.15, 0.2) is 53.5 Å². The molecule has 1 aliphatic rings. The molecule has 3 nitrogen and oxygen atoms in total. The minimum absolute atomic E-state index is 0.0166. The molecule has 0 saturated carbocycles. The number of para-hydroxylation sites is 1. The number of amides is 1. The number of fused-ring (bicyclic) bond motifs is 1. The second-order valence-corrected chi connectivity index (χ2v) is 7.55. The predicted molar refractivity (Wildman–Crippen MR) is 101 cm³/mol. The Bertz CT molecular complexity index is 749. The molecule has 0 aliphatic carbocycles. The van der Waals surface area contributed by atoms with Crippen LogP contribution < -0.4 is 5.32 Å². The van der Waals surface area contributed by atoms with E-state index in [1.54, 1.807) is 11.8 Å². The average molecular weight is 363 g/mol. The van der Waals surface area contributed by atoms with E-state index in [2.05, 4.69) is 16.4 Å². The van der Waals surface area contributed by atoms with Gasteiger partial charge in [-0.2, -0.15) is 0 Å². The Hall–Kier alpha value is -1.43. The first kappa shape index (κ1) is 16.4. The topological polar surface area (TPSA) is 41.5 Å². The number of carbonyl (C=O) groups is 1. The minimum Gasteiger partial charge on any atom is -0.351 e. The molecule has 0 fully saturated rings. The molecule has 0 saturated heterocycles. The van der Waals surface area contributed by atoms with Crippen molar-refractivity contribution < 1.29 is 4.79 Å². The summed E-state index contributed by atoms with van der Waals surface area (Å²) in [7, 11) is 0. The molecular weight excluding hydrogens is 348 g/mol. The van der Waals surface area contributed by atoms with Crippen LogP contribution >= 0.6 is 35.1 Å². The molecule has 1 aliphatic heterocycles. The van der Waals surface area contributed by atoms with Crippen LogP contribution in [-0.4, -0.2) is 16.0 Å². The van der Waals surface area contributed by atoms with E-state index in [-0.39, 0.29) is 5.91 Å². The molecule has 1 heterocycles. The Labute approximate surface area is 148 Å². The Balaban J connectivity index is 1.50. The number of nitrogens with zero attached hydrogens (tertiary/aromatic N) is 1. The predicted octanol–water partition coefficient (Wildman–Crippen LogP) is 4.62. The van der Waals surface area contributed by atoms with Crippen molar-refractivity contribution in [2.45, 2.75) is 12.3 Å². The molecular formula is C17H15ClN2OS2. The summed E-state index contributed by atoms with van der Waals surface area (Å²) in [6.07, 6.45) is 0. The summed E-state index contributed by atoms with van der Waals surface area (Å²) in [5.74, 6) is 1.25. The number of thioether (sulfide) groups is 2. The van der Waals surface area contributed by atoms with Gasteiger partial charge in [0.25, 0.3) is 0 Å². The summed E-state index contributed by atoms with van der Waals surface area (Å²) in [4.78, 5) is 16.6. The largest absolute Gasteiger partial charge is 0.351 e. The van der Waals surface area contributed by atoms with Gasteiger partial charge in [0.1, 0.15) is 4.38 Å². The third-order valence-electron chi connectivity index (χ3n) is 3.32. The fraction of sp³-hybridized carbons (Fsp3) is 0.176. The van der Waals surface area contributed by atoms with Gasteiger partial charge in [-0.3, -0.25) is 4.79 Å². The van der Waals surface area contributed by atoms with Crippen LogP contribution in [0.25, 0.3) is 0 Å². The molecule has 2 aromatic rings. The molecule has 1 amide bonds. The summed E-state index contributed by atoms with van der Waals surface area (Å²) in [5.41, 5.74) is 3.17. The highest BCUT2D eigenvalue weighted by Crippen LogP contribution is 2.34. The van der Waals surface area contributed by atoms with Crippen molar-refractivity contribution in [2.24, 2.45) is 4.99 Å². The number of halogens is 1. The van der Waals surface area contributed by atoms with Gasteiger partial charge in [0.15, 0.2) is 0 Å². The summed E-state index contributed by atoms with van der Waals surface area (Å²) in [6.45, 7) is 0.446. The fourth-order valence-electron chi connectivity index (χ4n) is 2.10. The lowest BCUT2D eigenvalue weighted by Crippen LogP contribution is -2.25. The number of carbonyl (C=O) groups excluding carboxylic acids is 1. The van der Waals surface area contributed by atoms with E-state index in [1.165, 1.54) is 17.3 Å². The van der Waals surface area contributed by atoms with E-state index in [9.17, 15) is 4.79 Å². The second kappa shape index (κ2) is 7.90. The maximum Gasteiger partial charge on any atom is 0.230 e. The molecule has 3 rings (SSSR count). The van der Waals surface area contributed by atoms with E-state index < -0.39 is 0 Å². The van der Waals surface area contributed by atoms with Crippen LogP contribution in [-0.2, 0) is 17.1 Å². The molecule has 0 bridgehead atoms. The van der Waals surface area contributed by atoms with Crippen LogP contribution in [0, 0.1) is 0 Å². The van der Waals surface area contributed by atoms with Crippen molar-refractivity contribution in [3.8, 4) is 0 Å². The Morgan fingerprint density at radius 2 is 2.00 bits per heavy atom. The van der Waals surface area contributed by atoms with Crippen LogP contribution in [0.3, 0.4) is 0 Å². The SMILES string of the molecule is O=C(CSC1=Nc2ccccc2CS1)NCc1ccccc1Cl. The van der Waals surface area contributed by atoms with Gasteiger partial charge in [-0.25, -0.2) is 4.99 Å². The first-order valence-electron chi connectivity index (χ1n) is 7.14. The summed E-state index contributed by atoms with van der Waals surface area (Å²) >= 11 is 9.23. The zero-order valence-electron chi connectivity index (χ0n) is 12.3. The molecule has 0 spiro atoms. The van der Waals surface area contributed by atoms with E-state index in [0.717, 1.165) is 21.4 Å². The summed E-state index contributed by atoms with van der Waals surface area (Å²) < 4.78 is 0.941. The normalized spacial score (nSPS) is 13.2. The number of benzene rings is 2. The summed E-state index contributed by atoms with van der Waals surface area (Å²) in [6, 6.07) is 15.6. The van der Waals surface area contributed by atoms with Gasteiger partial charge < -0.3 is 5.32 Å². The molecule has 1 N–H and O–H groups in total. The van der Waals surface area contributed by atoms with E-state index >= 15 is 0 Å². The smallest absolute Gasteiger partial charge is 0.230 e. The monoisotopic (exact) mass is 362 g/mol. The summed E-state index contributed by atoms with van der Waals surface area (Å²) in [5, 5.41) is 3.56. The van der Waals surface area contributed by atoms with Crippen LogP contribution in [0.1, 0.15) is 11.1 Å². The molecule has 23 heavy (non-hydrogen) atoms. The maximum atomic E-state index is 12.0. The first-order valence-corrected chi connectivity index (χ1v) is 9.49. The molecule has 0 radical (unpaired) electrons. The Kier molecular flexibility index (Phi) is 5.65. The fourth-order valence-corrected chi connectivity index (χ4v) is 4.19. The molecule has 2 aromatic carbocycles. The standard InChI is InChI=1S/C17H15ClN2OS2/c18-14-7-3-1-5-12(14)9-19-16(21)11-23-17-20-15-8-4-2-6-13(15)10-22-17/h1-8H,9-11H2,(H,19,21). The highest BCUT2D eigenvalue weighted by molar-refractivity contribution is 8.38. The second-order valence-electron chi connectivity index (χ2n) is 4.95. The molecule has 118 valence electrons.